The number of nitrogens with zero attached hydrogens (tertiary/aromatic N) is 2. The summed E-state index contributed by atoms with van der Waals surface area (Å²) in [5.41, 5.74) is 2.03. The Balaban J connectivity index is 2.67. The summed E-state index contributed by atoms with van der Waals surface area (Å²) < 4.78 is 0. The highest BCUT2D eigenvalue weighted by Gasteiger charge is 2.21. The topological polar surface area (TPSA) is 26.7 Å². The van der Waals surface area contributed by atoms with Crippen molar-refractivity contribution >= 4 is 0 Å². The van der Waals surface area contributed by atoms with Crippen LogP contribution in [-0.2, 0) is 0 Å². The predicted molar refractivity (Wildman–Crippen MR) is 72.8 cm³/mol. The van der Waals surface area contributed by atoms with Gasteiger partial charge in [0.2, 0.25) is 0 Å². The second-order valence-electron chi connectivity index (χ2n) is 4.59. The van der Waals surface area contributed by atoms with Crippen molar-refractivity contribution in [3.05, 3.63) is 36.0 Å². The maximum absolute atomic E-state index is 10.3. The first-order chi connectivity index (χ1) is 8.08. The number of likely N-dealkylation sites (N-methyl/N-ethyl adjacent to an activating group) is 1. The second-order valence-corrected chi connectivity index (χ2v) is 4.59. The molecule has 0 amide bonds. The summed E-state index contributed by atoms with van der Waals surface area (Å²) in [6.07, 6.45) is 5.27. The molecule has 1 aliphatic heterocycles. The standard InChI is InChI=1S/C14H24N2O/c1-5-12(3)11-13(6-2)14(17)16-9-7-15(4)8-10-16/h5-6,11,14,17H,1,7-10H2,2-4H3/b12-11-,13-6+. The van der Waals surface area contributed by atoms with Gasteiger partial charge in [-0.2, -0.15) is 0 Å². The van der Waals surface area contributed by atoms with Gasteiger partial charge in [-0.15, -0.1) is 0 Å². The maximum Gasteiger partial charge on any atom is 0.133 e. The van der Waals surface area contributed by atoms with Crippen molar-refractivity contribution in [3.63, 3.8) is 0 Å². The fraction of sp³-hybridized carbons (Fsp3) is 0.571. The SMILES string of the molecule is C=C/C(C)=C\C(=C/C)C(O)N1CCN(C)CC1. The molecule has 0 radical (unpaired) electrons. The van der Waals surface area contributed by atoms with Crippen LogP contribution in [0.25, 0.3) is 0 Å². The summed E-state index contributed by atoms with van der Waals surface area (Å²) in [4.78, 5) is 4.39. The third kappa shape index (κ3) is 4.11. The Kier molecular flexibility index (Phi) is 5.62. The molecule has 1 heterocycles. The predicted octanol–water partition coefficient (Wildman–Crippen LogP) is 1.63. The largest absolute Gasteiger partial charge is 0.374 e. The van der Waals surface area contributed by atoms with Crippen molar-refractivity contribution in [2.24, 2.45) is 0 Å². The smallest absolute Gasteiger partial charge is 0.133 e. The molecule has 0 saturated carbocycles. The average molecular weight is 236 g/mol. The van der Waals surface area contributed by atoms with Gasteiger partial charge >= 0.3 is 0 Å². The van der Waals surface area contributed by atoms with Gasteiger partial charge in [-0.1, -0.05) is 30.4 Å². The second kappa shape index (κ2) is 6.74. The molecule has 1 N–H and O–H groups in total. The van der Waals surface area contributed by atoms with E-state index in [4.69, 9.17) is 0 Å². The van der Waals surface area contributed by atoms with Gasteiger partial charge in [0, 0.05) is 26.2 Å². The van der Waals surface area contributed by atoms with E-state index in [1.165, 1.54) is 0 Å². The summed E-state index contributed by atoms with van der Waals surface area (Å²) in [7, 11) is 2.11. The summed E-state index contributed by atoms with van der Waals surface area (Å²) in [6.45, 7) is 11.5. The van der Waals surface area contributed by atoms with Crippen LogP contribution in [0.3, 0.4) is 0 Å². The molecule has 0 aromatic rings. The van der Waals surface area contributed by atoms with E-state index in [0.717, 1.165) is 37.3 Å². The molecule has 17 heavy (non-hydrogen) atoms. The fourth-order valence-corrected chi connectivity index (χ4v) is 1.91. The lowest BCUT2D eigenvalue weighted by atomic mass is 10.1. The van der Waals surface area contributed by atoms with Crippen molar-refractivity contribution in [2.45, 2.75) is 20.1 Å². The van der Waals surface area contributed by atoms with Gasteiger partial charge < -0.3 is 10.0 Å². The highest BCUT2D eigenvalue weighted by molar-refractivity contribution is 5.29. The Bertz CT molecular complexity index is 312. The lowest BCUT2D eigenvalue weighted by molar-refractivity contribution is 0.00545. The number of hydrogen-bond donors (Lipinski definition) is 1. The van der Waals surface area contributed by atoms with Gasteiger partial charge in [0.05, 0.1) is 0 Å². The molecule has 1 rings (SSSR count). The molecule has 1 saturated heterocycles. The zero-order chi connectivity index (χ0) is 12.8. The van der Waals surface area contributed by atoms with Crippen LogP contribution in [0.15, 0.2) is 36.0 Å². The Morgan fingerprint density at radius 1 is 1.29 bits per heavy atom. The molecule has 96 valence electrons. The van der Waals surface area contributed by atoms with E-state index in [2.05, 4.69) is 23.4 Å². The molecule has 3 nitrogen and oxygen atoms in total. The Morgan fingerprint density at radius 2 is 1.88 bits per heavy atom. The van der Waals surface area contributed by atoms with Crippen LogP contribution in [0.4, 0.5) is 0 Å². The minimum atomic E-state index is -0.497. The average Bonchev–Trinajstić information content (AvgIpc) is 2.35. The van der Waals surface area contributed by atoms with Gasteiger partial charge in [-0.05, 0) is 26.5 Å². The van der Waals surface area contributed by atoms with Crippen LogP contribution in [-0.4, -0.2) is 54.4 Å². The highest BCUT2D eigenvalue weighted by atomic mass is 16.3. The number of aliphatic hydroxyl groups excluding tert-OH is 1. The number of allylic oxidation sites excluding steroid dienone is 3. The van der Waals surface area contributed by atoms with Crippen molar-refractivity contribution < 1.29 is 5.11 Å². The summed E-state index contributed by atoms with van der Waals surface area (Å²) in [5, 5.41) is 10.3. The van der Waals surface area contributed by atoms with Gasteiger partial charge in [-0.3, -0.25) is 4.90 Å². The van der Waals surface area contributed by atoms with Crippen LogP contribution in [0, 0.1) is 0 Å². The number of rotatable bonds is 4. The highest BCUT2D eigenvalue weighted by Crippen LogP contribution is 2.14. The van der Waals surface area contributed by atoms with Gasteiger partial charge in [0.15, 0.2) is 0 Å². The molecule has 1 atom stereocenters. The first-order valence-corrected chi connectivity index (χ1v) is 6.16. The van der Waals surface area contributed by atoms with E-state index >= 15 is 0 Å². The molecule has 1 unspecified atom stereocenters. The van der Waals surface area contributed by atoms with Crippen LogP contribution in [0.5, 0.6) is 0 Å². The van der Waals surface area contributed by atoms with E-state index in [-0.39, 0.29) is 0 Å². The van der Waals surface area contributed by atoms with Crippen molar-refractivity contribution in [1.29, 1.82) is 0 Å². The third-order valence-corrected chi connectivity index (χ3v) is 3.23. The van der Waals surface area contributed by atoms with Gasteiger partial charge in [0.1, 0.15) is 6.23 Å². The molecule has 1 fully saturated rings. The van der Waals surface area contributed by atoms with Crippen LogP contribution in [0.2, 0.25) is 0 Å². The van der Waals surface area contributed by atoms with Crippen LogP contribution in [0.1, 0.15) is 13.8 Å². The van der Waals surface area contributed by atoms with Crippen LogP contribution < -0.4 is 0 Å². The minimum absolute atomic E-state index is 0.497. The van der Waals surface area contributed by atoms with Gasteiger partial charge in [0.25, 0.3) is 0 Å². The molecule has 0 spiro atoms. The first-order valence-electron chi connectivity index (χ1n) is 6.16. The first kappa shape index (κ1) is 14.2. The maximum atomic E-state index is 10.3. The summed E-state index contributed by atoms with van der Waals surface area (Å²) in [6, 6.07) is 0. The van der Waals surface area contributed by atoms with Crippen LogP contribution >= 0.6 is 0 Å². The molecular weight excluding hydrogens is 212 g/mol. The Hall–Kier alpha value is -0.900. The monoisotopic (exact) mass is 236 g/mol. The Labute approximate surface area is 105 Å². The van der Waals surface area contributed by atoms with Crippen molar-refractivity contribution in [1.82, 2.24) is 9.80 Å². The van der Waals surface area contributed by atoms with E-state index in [1.807, 2.05) is 26.0 Å². The van der Waals surface area contributed by atoms with E-state index in [9.17, 15) is 5.11 Å². The quantitative estimate of drug-likeness (QED) is 0.752. The van der Waals surface area contributed by atoms with Crippen molar-refractivity contribution in [2.75, 3.05) is 33.2 Å². The molecular formula is C14H24N2O. The molecule has 0 aromatic heterocycles. The minimum Gasteiger partial charge on any atom is -0.374 e. The third-order valence-electron chi connectivity index (χ3n) is 3.23. The zero-order valence-corrected chi connectivity index (χ0v) is 11.2. The van der Waals surface area contributed by atoms with E-state index < -0.39 is 6.23 Å². The van der Waals surface area contributed by atoms with Gasteiger partial charge in [-0.25, -0.2) is 0 Å². The number of piperazine rings is 1. The molecule has 0 aliphatic carbocycles. The molecule has 0 aromatic carbocycles. The Morgan fingerprint density at radius 3 is 2.35 bits per heavy atom. The van der Waals surface area contributed by atoms with E-state index in [0.29, 0.717) is 0 Å². The lowest BCUT2D eigenvalue weighted by Crippen LogP contribution is -2.49. The fourth-order valence-electron chi connectivity index (χ4n) is 1.91. The lowest BCUT2D eigenvalue weighted by Gasteiger charge is -2.36. The number of aliphatic hydroxyl groups is 1. The molecule has 3 heteroatoms. The summed E-state index contributed by atoms with van der Waals surface area (Å²) >= 11 is 0. The molecule has 1 aliphatic rings. The van der Waals surface area contributed by atoms with E-state index in [1.54, 1.807) is 6.08 Å². The molecule has 0 bridgehead atoms. The number of hydrogen-bond acceptors (Lipinski definition) is 3. The van der Waals surface area contributed by atoms with Crippen molar-refractivity contribution in [3.8, 4) is 0 Å². The summed E-state index contributed by atoms with van der Waals surface area (Å²) in [5.74, 6) is 0. The zero-order valence-electron chi connectivity index (χ0n) is 11.2. The normalized spacial score (nSPS) is 22.6.